The maximum absolute atomic E-state index is 13.9. The van der Waals surface area contributed by atoms with Crippen LogP contribution in [0.25, 0.3) is 0 Å². The summed E-state index contributed by atoms with van der Waals surface area (Å²) < 4.78 is 0. The lowest BCUT2D eigenvalue weighted by Crippen LogP contribution is -2.60. The lowest BCUT2D eigenvalue weighted by molar-refractivity contribution is -0.145. The van der Waals surface area contributed by atoms with Gasteiger partial charge in [-0.2, -0.15) is 0 Å². The van der Waals surface area contributed by atoms with E-state index in [1.54, 1.807) is 0 Å². The van der Waals surface area contributed by atoms with E-state index in [9.17, 15) is 93.0 Å². The van der Waals surface area contributed by atoms with Gasteiger partial charge in [0.1, 0.15) is 48.0 Å². The van der Waals surface area contributed by atoms with E-state index in [2.05, 4.69) is 21.3 Å². The number of rotatable bonds is 36. The average Bonchev–Trinajstić information content (AvgIpc) is 3.28. The van der Waals surface area contributed by atoms with Gasteiger partial charge >= 0.3 is 35.8 Å². The van der Waals surface area contributed by atoms with Crippen molar-refractivity contribution in [3.63, 3.8) is 0 Å². The van der Waals surface area contributed by atoms with Gasteiger partial charge in [-0.15, -0.1) is 0 Å². The number of benzene rings is 1. The Morgan fingerprint density at radius 1 is 0.403 bits per heavy atom. The average molecular weight is 1030 g/mol. The van der Waals surface area contributed by atoms with E-state index in [0.29, 0.717) is 12.0 Å². The molecule has 20 N–H and O–H groups in total. The van der Waals surface area contributed by atoms with E-state index in [4.69, 9.17) is 22.3 Å². The lowest BCUT2D eigenvalue weighted by atomic mass is 10.0. The Balaban J connectivity index is 3.53. The van der Waals surface area contributed by atoms with Gasteiger partial charge in [-0.3, -0.25) is 57.5 Å². The van der Waals surface area contributed by atoms with Crippen molar-refractivity contribution in [2.75, 3.05) is 13.1 Å². The highest BCUT2D eigenvalue weighted by Gasteiger charge is 2.36. The van der Waals surface area contributed by atoms with Gasteiger partial charge in [-0.05, 0) is 75.7 Å². The molecule has 0 aliphatic rings. The van der Waals surface area contributed by atoms with Gasteiger partial charge in [0.2, 0.25) is 41.4 Å². The number of amides is 7. The van der Waals surface area contributed by atoms with E-state index in [-0.39, 0.29) is 57.4 Å². The molecule has 0 heterocycles. The van der Waals surface area contributed by atoms with Crippen LogP contribution < -0.4 is 54.4 Å². The number of phenolic OH excluding ortho intramolecular Hbond substituents is 1. The second-order valence-corrected chi connectivity index (χ2v) is 16.1. The molecule has 7 amide bonds. The third-order valence-corrected chi connectivity index (χ3v) is 10.2. The second-order valence-electron chi connectivity index (χ2n) is 16.1. The van der Waals surface area contributed by atoms with Crippen LogP contribution in [0.1, 0.15) is 82.6 Å². The predicted octanol–water partition coefficient (Wildman–Crippen LogP) is -5.24. The topological polar surface area (TPSA) is 526 Å². The zero-order valence-electron chi connectivity index (χ0n) is 38.7. The molecule has 72 heavy (non-hydrogen) atoms. The van der Waals surface area contributed by atoms with Gasteiger partial charge in [0.15, 0.2) is 0 Å². The number of hydrogen-bond donors (Lipinski definition) is 17. The van der Waals surface area contributed by atoms with Crippen LogP contribution in [0.15, 0.2) is 24.3 Å². The van der Waals surface area contributed by atoms with Crippen molar-refractivity contribution in [3.05, 3.63) is 29.8 Å². The SMILES string of the molecule is NCCCCC(NC(=O)C(CC(=O)O)NC(=O)C(CC(=O)O)NC(=O)C(CCC(=O)O)NC(=O)C(CC(=O)O)NC(=O)C(CCCCN)NC(=O)C(Cc1ccc(O)cc1)NC(=O)C(N)CC(=O)O)C(=O)O. The van der Waals surface area contributed by atoms with Crippen molar-refractivity contribution in [1.29, 1.82) is 0 Å². The van der Waals surface area contributed by atoms with Gasteiger partial charge < -0.3 is 90.2 Å². The molecule has 1 rings (SSSR count). The molecule has 0 bridgehead atoms. The monoisotopic (exact) mass is 1030 g/mol. The minimum Gasteiger partial charge on any atom is -0.508 e. The lowest BCUT2D eigenvalue weighted by Gasteiger charge is -2.27. The van der Waals surface area contributed by atoms with Gasteiger partial charge in [0, 0.05) is 12.8 Å². The molecular weight excluding hydrogens is 965 g/mol. The molecule has 1 aromatic rings. The molecule has 0 saturated carbocycles. The predicted molar refractivity (Wildman–Crippen MR) is 243 cm³/mol. The van der Waals surface area contributed by atoms with Crippen LogP contribution in [-0.2, 0) is 68.7 Å². The molecule has 8 atom stereocenters. The van der Waals surface area contributed by atoms with Gasteiger partial charge in [-0.1, -0.05) is 12.1 Å². The molecule has 1 aromatic carbocycles. The van der Waals surface area contributed by atoms with Crippen LogP contribution in [0.4, 0.5) is 0 Å². The summed E-state index contributed by atoms with van der Waals surface area (Å²) in [7, 11) is 0. The van der Waals surface area contributed by atoms with Crippen molar-refractivity contribution < 1.29 is 98.1 Å². The summed E-state index contributed by atoms with van der Waals surface area (Å²) in [5.74, 6) is -19.0. The van der Waals surface area contributed by atoms with E-state index in [1.165, 1.54) is 24.3 Å². The number of phenols is 1. The van der Waals surface area contributed by atoms with E-state index in [1.807, 2.05) is 16.0 Å². The third-order valence-electron chi connectivity index (χ3n) is 10.2. The highest BCUT2D eigenvalue weighted by molar-refractivity contribution is 6.00. The van der Waals surface area contributed by atoms with Gasteiger partial charge in [0.05, 0.1) is 31.7 Å². The summed E-state index contributed by atoms with van der Waals surface area (Å²) in [6.07, 6.45) is -5.96. The van der Waals surface area contributed by atoms with Gasteiger partial charge in [0.25, 0.3) is 0 Å². The summed E-state index contributed by atoms with van der Waals surface area (Å²) in [6.45, 7) is 0.281. The number of nitrogens with two attached hydrogens (primary N) is 3. The first-order valence-corrected chi connectivity index (χ1v) is 22.2. The fourth-order valence-corrected chi connectivity index (χ4v) is 6.47. The van der Waals surface area contributed by atoms with Crippen molar-refractivity contribution in [2.24, 2.45) is 17.2 Å². The van der Waals surface area contributed by atoms with Crippen molar-refractivity contribution >= 4 is 77.2 Å². The van der Waals surface area contributed by atoms with Crippen molar-refractivity contribution in [3.8, 4) is 5.75 Å². The summed E-state index contributed by atoms with van der Waals surface area (Å²) >= 11 is 0. The molecule has 0 aromatic heterocycles. The maximum atomic E-state index is 13.9. The van der Waals surface area contributed by atoms with Gasteiger partial charge in [-0.25, -0.2) is 4.79 Å². The Labute approximate surface area is 409 Å². The van der Waals surface area contributed by atoms with Crippen LogP contribution in [0.3, 0.4) is 0 Å². The first-order chi connectivity index (χ1) is 33.8. The number of aromatic hydroxyl groups is 1. The largest absolute Gasteiger partial charge is 0.508 e. The number of hydrogen-bond acceptors (Lipinski definition) is 17. The number of carbonyl (C=O) groups is 13. The minimum absolute atomic E-state index is 0.101. The standard InChI is InChI=1S/C42H62N10O20/c43-13-3-1-5-23(46-38(67)26(15-20-7-9-21(53)10-8-20)49-35(64)22(45)16-31(56)57)36(65)50-27(17-32(58)59)39(68)47-24(11-12-30(54)55)37(66)51-29(19-34(62)63)41(70)52-28(18-33(60)61)40(69)48-25(42(71)72)6-2-4-14-44/h7-10,22-29,53H,1-6,11-19,43-45H2,(H,46,67)(H,47,68)(H,48,69)(H,49,64)(H,50,65)(H,51,66)(H,52,70)(H,54,55)(H,56,57)(H,58,59)(H,60,61)(H,62,63)(H,71,72). The fraction of sp³-hybridized carbons (Fsp3) is 0.548. The molecule has 0 spiro atoms. The maximum Gasteiger partial charge on any atom is 0.326 e. The molecule has 0 aliphatic carbocycles. The molecule has 30 nitrogen and oxygen atoms in total. The summed E-state index contributed by atoms with van der Waals surface area (Å²) in [6, 6.07) is -9.54. The zero-order chi connectivity index (χ0) is 54.7. The first-order valence-electron chi connectivity index (χ1n) is 22.2. The summed E-state index contributed by atoms with van der Waals surface area (Å²) in [5, 5.41) is 81.3. The Hall–Kier alpha value is -7.99. The highest BCUT2D eigenvalue weighted by atomic mass is 16.4. The summed E-state index contributed by atoms with van der Waals surface area (Å²) in [4.78, 5) is 164. The Morgan fingerprint density at radius 2 is 0.736 bits per heavy atom. The molecule has 0 aliphatic heterocycles. The molecule has 0 radical (unpaired) electrons. The molecular formula is C42H62N10O20. The van der Waals surface area contributed by atoms with Crippen LogP contribution in [-0.4, -0.2) is 174 Å². The summed E-state index contributed by atoms with van der Waals surface area (Å²) in [5.41, 5.74) is 17.1. The zero-order valence-corrected chi connectivity index (χ0v) is 38.7. The fourth-order valence-electron chi connectivity index (χ4n) is 6.47. The van der Waals surface area contributed by atoms with E-state index >= 15 is 0 Å². The normalized spacial score (nSPS) is 14.2. The van der Waals surface area contributed by atoms with Crippen LogP contribution in [0, 0.1) is 0 Å². The Bertz CT molecular complexity index is 2110. The van der Waals surface area contributed by atoms with Crippen molar-refractivity contribution in [1.82, 2.24) is 37.2 Å². The molecule has 0 saturated heterocycles. The van der Waals surface area contributed by atoms with E-state index < -0.39 is 164 Å². The number of carbonyl (C=O) groups excluding carboxylic acids is 7. The molecule has 30 heteroatoms. The smallest absolute Gasteiger partial charge is 0.326 e. The highest BCUT2D eigenvalue weighted by Crippen LogP contribution is 2.13. The van der Waals surface area contributed by atoms with Crippen LogP contribution >= 0.6 is 0 Å². The number of aliphatic carboxylic acids is 6. The third kappa shape index (κ3) is 24.5. The number of carboxylic acids is 6. The van der Waals surface area contributed by atoms with Crippen molar-refractivity contribution in [2.45, 2.75) is 132 Å². The first kappa shape index (κ1) is 62.0. The van der Waals surface area contributed by atoms with Crippen LogP contribution in [0.5, 0.6) is 5.75 Å². The number of nitrogens with one attached hydrogen (secondary N) is 7. The second kappa shape index (κ2) is 32.0. The minimum atomic E-state index is -2.20. The number of unbranched alkanes of at least 4 members (excludes halogenated alkanes) is 2. The molecule has 0 fully saturated rings. The molecule has 8 unspecified atom stereocenters. The number of carboxylic acid groups (broad SMARTS) is 6. The van der Waals surface area contributed by atoms with Crippen LogP contribution in [0.2, 0.25) is 0 Å². The molecule has 400 valence electrons. The van der Waals surface area contributed by atoms with E-state index in [0.717, 1.165) is 0 Å². The Kier molecular flexibility index (Phi) is 27.6. The Morgan fingerprint density at radius 3 is 1.11 bits per heavy atom. The quantitative estimate of drug-likeness (QED) is 0.0279.